The minimum absolute atomic E-state index is 0. The minimum atomic E-state index is -4.83. The molecule has 13 nitrogen and oxygen atoms in total. The van der Waals surface area contributed by atoms with E-state index in [1.165, 1.54) is 0 Å². The van der Waals surface area contributed by atoms with Crippen LogP contribution >= 0.6 is 7.82 Å². The van der Waals surface area contributed by atoms with Gasteiger partial charge in [0.25, 0.3) is 0 Å². The van der Waals surface area contributed by atoms with Gasteiger partial charge >= 0.3 is 13.8 Å². The van der Waals surface area contributed by atoms with Crippen LogP contribution in [0.4, 0.5) is 0 Å². The number of phosphoric acid groups is 1. The van der Waals surface area contributed by atoms with Gasteiger partial charge in [-0.1, -0.05) is 0 Å². The van der Waals surface area contributed by atoms with Gasteiger partial charge in [-0.3, -0.25) is 4.52 Å². The Hall–Kier alpha value is 2.30. The van der Waals surface area contributed by atoms with E-state index in [0.29, 0.717) is 0 Å². The van der Waals surface area contributed by atoms with Gasteiger partial charge in [0.1, 0.15) is 0 Å². The standard InChI is InChI=1S/C3H7O7P.3Na.6H2O/c4-1-2(3(5)6)10-11(7,8)9;;;;;;;;;/h2,4H,1H2,(H,5,6)(H2,7,8,9);;;;6*1H2/t2-;;;;;;;;;/m1........./s1. The first-order valence-electron chi connectivity index (χ1n) is 2.44. The summed E-state index contributed by atoms with van der Waals surface area (Å²) in [7, 11) is -4.83. The predicted molar refractivity (Wildman–Crippen MR) is 70.6 cm³/mol. The second-order valence-corrected chi connectivity index (χ2v) is 2.80. The monoisotopic (exact) mass is 363 g/mol. The van der Waals surface area contributed by atoms with Crippen LogP contribution in [-0.2, 0) is 13.9 Å². The van der Waals surface area contributed by atoms with Crippen LogP contribution in [0.5, 0.6) is 0 Å². The molecule has 0 aromatic carbocycles. The van der Waals surface area contributed by atoms with Crippen LogP contribution < -0.4 is 0 Å². The van der Waals surface area contributed by atoms with E-state index in [1.807, 2.05) is 0 Å². The van der Waals surface area contributed by atoms with Crippen molar-refractivity contribution in [1.29, 1.82) is 0 Å². The molecule has 0 aliphatic carbocycles. The number of aliphatic carboxylic acids is 1. The number of hydrogen-bond donors (Lipinski definition) is 4. The van der Waals surface area contributed by atoms with E-state index in [-0.39, 0.29) is 122 Å². The molecule has 3 radical (unpaired) electrons. The Morgan fingerprint density at radius 1 is 0.950 bits per heavy atom. The Morgan fingerprint density at radius 2 is 1.20 bits per heavy atom. The fraction of sp³-hybridized carbons (Fsp3) is 0.667. The molecule has 1 atom stereocenters. The van der Waals surface area contributed by atoms with Crippen molar-refractivity contribution in [3.63, 3.8) is 0 Å². The normalized spacial score (nSPS) is 7.95. The van der Waals surface area contributed by atoms with E-state index in [1.54, 1.807) is 0 Å². The second-order valence-electron chi connectivity index (χ2n) is 1.61. The van der Waals surface area contributed by atoms with Gasteiger partial charge in [0, 0.05) is 88.7 Å². The number of aliphatic hydroxyl groups excluding tert-OH is 1. The first-order chi connectivity index (χ1) is 4.87. The van der Waals surface area contributed by atoms with E-state index in [0.717, 1.165) is 0 Å². The largest absolute Gasteiger partial charge is 0.479 e. The Morgan fingerprint density at radius 3 is 1.25 bits per heavy atom. The predicted octanol–water partition coefficient (Wildman–Crippen LogP) is -7.55. The third-order valence-electron chi connectivity index (χ3n) is 0.706. The molecule has 0 saturated carbocycles. The summed E-state index contributed by atoms with van der Waals surface area (Å²) in [5.74, 6) is -1.63. The van der Waals surface area contributed by atoms with Crippen LogP contribution in [-0.4, -0.2) is 160 Å². The molecule has 0 amide bonds. The number of carboxylic acids is 1. The second kappa shape index (κ2) is 33.0. The molecule has 0 rings (SSSR count). The number of phosphoric ester groups is 1. The first kappa shape index (κ1) is 66.9. The molecule has 0 unspecified atom stereocenters. The minimum Gasteiger partial charge on any atom is -0.479 e. The number of carboxylic acid groups (broad SMARTS) is 1. The van der Waals surface area contributed by atoms with Crippen LogP contribution in [0.3, 0.4) is 0 Å². The molecule has 0 heterocycles. The number of carbonyl (C=O) groups is 1. The Bertz CT molecular complexity index is 197. The van der Waals surface area contributed by atoms with Crippen LogP contribution in [0.15, 0.2) is 0 Å². The van der Waals surface area contributed by atoms with E-state index < -0.39 is 26.5 Å². The summed E-state index contributed by atoms with van der Waals surface area (Å²) >= 11 is 0. The SMILES string of the molecule is O.O.O.O.O.O.O=C(O)[C@@H](CO)OP(=O)(O)O.[Na].[Na].[Na]. The zero-order chi connectivity index (χ0) is 9.07. The third kappa shape index (κ3) is 42.7. The Kier molecular flexibility index (Phi) is 110. The van der Waals surface area contributed by atoms with Gasteiger partial charge < -0.3 is 52.9 Å². The Balaban J connectivity index is -0.0000000139. The van der Waals surface area contributed by atoms with Crippen LogP contribution in [0.25, 0.3) is 0 Å². The van der Waals surface area contributed by atoms with Crippen molar-refractivity contribution in [2.75, 3.05) is 6.61 Å². The van der Waals surface area contributed by atoms with Gasteiger partial charge in [0.2, 0.25) is 0 Å². The van der Waals surface area contributed by atoms with Crippen LogP contribution in [0, 0.1) is 0 Å². The van der Waals surface area contributed by atoms with Gasteiger partial charge in [0.15, 0.2) is 6.10 Å². The summed E-state index contributed by atoms with van der Waals surface area (Å²) in [6, 6.07) is 0. The summed E-state index contributed by atoms with van der Waals surface area (Å²) in [6.45, 7) is -0.986. The molecule has 0 bridgehead atoms. The maximum atomic E-state index is 10.0. The maximum absolute atomic E-state index is 10.0. The molecular weight excluding hydrogens is 344 g/mol. The van der Waals surface area contributed by atoms with E-state index in [9.17, 15) is 9.36 Å². The van der Waals surface area contributed by atoms with Gasteiger partial charge in [-0.2, -0.15) is 0 Å². The van der Waals surface area contributed by atoms with E-state index in [2.05, 4.69) is 4.52 Å². The maximum Gasteiger partial charge on any atom is 0.470 e. The van der Waals surface area contributed by atoms with Crippen LogP contribution in [0.1, 0.15) is 0 Å². The van der Waals surface area contributed by atoms with Crippen molar-refractivity contribution in [2.45, 2.75) is 6.10 Å². The quantitative estimate of drug-likeness (QED) is 0.275. The molecule has 117 valence electrons. The first-order valence-corrected chi connectivity index (χ1v) is 3.97. The fourth-order valence-corrected chi connectivity index (χ4v) is 0.811. The zero-order valence-corrected chi connectivity index (χ0v) is 18.1. The van der Waals surface area contributed by atoms with Crippen molar-refractivity contribution in [1.82, 2.24) is 0 Å². The molecule has 0 aromatic rings. The van der Waals surface area contributed by atoms with Crippen molar-refractivity contribution >= 4 is 102 Å². The van der Waals surface area contributed by atoms with Crippen molar-refractivity contribution in [3.05, 3.63) is 0 Å². The van der Waals surface area contributed by atoms with Crippen molar-refractivity contribution < 1.29 is 66.7 Å². The topological polar surface area (TPSA) is 313 Å². The summed E-state index contributed by atoms with van der Waals surface area (Å²) < 4.78 is 13.7. The summed E-state index contributed by atoms with van der Waals surface area (Å²) in [6.07, 6.45) is -1.88. The van der Waals surface area contributed by atoms with Gasteiger partial charge in [0.05, 0.1) is 6.61 Å². The van der Waals surface area contributed by atoms with Crippen molar-refractivity contribution in [3.8, 4) is 0 Å². The van der Waals surface area contributed by atoms with Gasteiger partial charge in [-0.05, 0) is 0 Å². The molecule has 0 aromatic heterocycles. The molecule has 0 spiro atoms. The molecule has 16 N–H and O–H groups in total. The number of hydrogen-bond acceptors (Lipinski definition) is 4. The molecule has 0 saturated heterocycles. The molecule has 0 fully saturated rings. The average molecular weight is 363 g/mol. The number of rotatable bonds is 4. The van der Waals surface area contributed by atoms with Gasteiger partial charge in [-0.25, -0.2) is 9.36 Å². The third-order valence-corrected chi connectivity index (χ3v) is 1.23. The number of aliphatic hydroxyl groups is 1. The van der Waals surface area contributed by atoms with E-state index >= 15 is 0 Å². The summed E-state index contributed by atoms with van der Waals surface area (Å²) in [5.41, 5.74) is 0. The van der Waals surface area contributed by atoms with Crippen LogP contribution in [0.2, 0.25) is 0 Å². The summed E-state index contributed by atoms with van der Waals surface area (Å²) in [5, 5.41) is 16.3. The van der Waals surface area contributed by atoms with E-state index in [4.69, 9.17) is 20.0 Å². The van der Waals surface area contributed by atoms with Crippen molar-refractivity contribution in [2.24, 2.45) is 0 Å². The molecule has 0 aliphatic rings. The molecule has 20 heavy (non-hydrogen) atoms. The smallest absolute Gasteiger partial charge is 0.470 e. The fourth-order valence-electron chi connectivity index (χ4n) is 0.322. The molecule has 0 aliphatic heterocycles. The summed E-state index contributed by atoms with van der Waals surface area (Å²) in [4.78, 5) is 26.1. The molecule has 17 heteroatoms. The average Bonchev–Trinajstić information content (AvgIpc) is 1.80. The molecular formula is C3H19Na3O13P. The zero-order valence-electron chi connectivity index (χ0n) is 11.2. The Labute approximate surface area is 180 Å². The van der Waals surface area contributed by atoms with Gasteiger partial charge in [-0.15, -0.1) is 0 Å².